The first-order chi connectivity index (χ1) is 6.13. The fourth-order valence-corrected chi connectivity index (χ4v) is 1.67. The third kappa shape index (κ3) is 3.01. The summed E-state index contributed by atoms with van der Waals surface area (Å²) in [5.41, 5.74) is 7.87. The Labute approximate surface area is 87.6 Å². The van der Waals surface area contributed by atoms with E-state index in [1.54, 1.807) is 0 Å². The monoisotopic (exact) mass is 242 g/mol. The first-order valence-electron chi connectivity index (χ1n) is 4.36. The molecule has 0 aromatic heterocycles. The largest absolute Gasteiger partial charge is 0.380 e. The number of benzene rings is 1. The molecule has 1 aromatic rings. The van der Waals surface area contributed by atoms with Gasteiger partial charge in [-0.2, -0.15) is 0 Å². The van der Waals surface area contributed by atoms with Crippen LogP contribution in [0.1, 0.15) is 12.5 Å². The van der Waals surface area contributed by atoms with Crippen LogP contribution in [0.25, 0.3) is 0 Å². The van der Waals surface area contributed by atoms with Gasteiger partial charge >= 0.3 is 0 Å². The van der Waals surface area contributed by atoms with E-state index in [9.17, 15) is 0 Å². The SMILES string of the molecule is Cc1ccc(NC(C)CN)c(Br)c1. The van der Waals surface area contributed by atoms with E-state index in [0.717, 1.165) is 10.2 Å². The lowest BCUT2D eigenvalue weighted by atomic mass is 10.2. The zero-order valence-corrected chi connectivity index (χ0v) is 9.56. The van der Waals surface area contributed by atoms with Crippen LogP contribution >= 0.6 is 15.9 Å². The molecule has 1 rings (SSSR count). The quantitative estimate of drug-likeness (QED) is 0.856. The van der Waals surface area contributed by atoms with Crippen LogP contribution in [0.5, 0.6) is 0 Å². The molecule has 0 radical (unpaired) electrons. The van der Waals surface area contributed by atoms with Crippen LogP contribution < -0.4 is 11.1 Å². The highest BCUT2D eigenvalue weighted by atomic mass is 79.9. The van der Waals surface area contributed by atoms with Crippen molar-refractivity contribution in [3.05, 3.63) is 28.2 Å². The lowest BCUT2D eigenvalue weighted by molar-refractivity contribution is 0.803. The maximum Gasteiger partial charge on any atom is 0.0487 e. The van der Waals surface area contributed by atoms with E-state index in [4.69, 9.17) is 5.73 Å². The Morgan fingerprint density at radius 2 is 2.23 bits per heavy atom. The third-order valence-electron chi connectivity index (χ3n) is 1.88. The number of anilines is 1. The van der Waals surface area contributed by atoms with Crippen molar-refractivity contribution in [2.45, 2.75) is 19.9 Å². The first-order valence-corrected chi connectivity index (χ1v) is 5.15. The van der Waals surface area contributed by atoms with Crippen molar-refractivity contribution in [3.8, 4) is 0 Å². The number of hydrogen-bond acceptors (Lipinski definition) is 2. The number of nitrogens with one attached hydrogen (secondary N) is 1. The molecule has 1 atom stereocenters. The second-order valence-electron chi connectivity index (χ2n) is 3.26. The number of hydrogen-bond donors (Lipinski definition) is 2. The predicted molar refractivity (Wildman–Crippen MR) is 61.0 cm³/mol. The summed E-state index contributed by atoms with van der Waals surface area (Å²) in [7, 11) is 0. The Balaban J connectivity index is 2.77. The van der Waals surface area contributed by atoms with E-state index in [0.29, 0.717) is 12.6 Å². The van der Waals surface area contributed by atoms with Gasteiger partial charge in [0.25, 0.3) is 0 Å². The molecule has 0 aliphatic heterocycles. The van der Waals surface area contributed by atoms with Gasteiger partial charge in [-0.3, -0.25) is 0 Å². The molecule has 0 aliphatic carbocycles. The minimum Gasteiger partial charge on any atom is -0.380 e. The molecule has 0 bridgehead atoms. The average molecular weight is 243 g/mol. The highest BCUT2D eigenvalue weighted by molar-refractivity contribution is 9.10. The third-order valence-corrected chi connectivity index (χ3v) is 2.54. The normalized spacial score (nSPS) is 12.6. The molecule has 0 saturated carbocycles. The van der Waals surface area contributed by atoms with Gasteiger partial charge in [0.1, 0.15) is 0 Å². The van der Waals surface area contributed by atoms with Crippen LogP contribution in [0.3, 0.4) is 0 Å². The van der Waals surface area contributed by atoms with Crippen LogP contribution in [-0.2, 0) is 0 Å². The Bertz CT molecular complexity index is 286. The van der Waals surface area contributed by atoms with E-state index in [-0.39, 0.29) is 0 Å². The van der Waals surface area contributed by atoms with E-state index >= 15 is 0 Å². The van der Waals surface area contributed by atoms with Crippen molar-refractivity contribution in [2.24, 2.45) is 5.73 Å². The summed E-state index contributed by atoms with van der Waals surface area (Å²) in [5, 5.41) is 3.32. The van der Waals surface area contributed by atoms with Crippen LogP contribution in [0.2, 0.25) is 0 Å². The van der Waals surface area contributed by atoms with Crippen molar-refractivity contribution < 1.29 is 0 Å². The van der Waals surface area contributed by atoms with Crippen molar-refractivity contribution in [2.75, 3.05) is 11.9 Å². The Hall–Kier alpha value is -0.540. The van der Waals surface area contributed by atoms with E-state index < -0.39 is 0 Å². The molecule has 0 spiro atoms. The Morgan fingerprint density at radius 1 is 1.54 bits per heavy atom. The van der Waals surface area contributed by atoms with E-state index in [2.05, 4.69) is 53.3 Å². The molecule has 13 heavy (non-hydrogen) atoms. The summed E-state index contributed by atoms with van der Waals surface area (Å²) in [6.45, 7) is 4.77. The zero-order valence-electron chi connectivity index (χ0n) is 7.97. The van der Waals surface area contributed by atoms with Crippen LogP contribution in [0, 0.1) is 6.92 Å². The van der Waals surface area contributed by atoms with Gasteiger partial charge in [-0.1, -0.05) is 6.07 Å². The van der Waals surface area contributed by atoms with Gasteiger partial charge in [-0.25, -0.2) is 0 Å². The van der Waals surface area contributed by atoms with Gasteiger partial charge in [-0.05, 0) is 47.5 Å². The Morgan fingerprint density at radius 3 is 2.77 bits per heavy atom. The van der Waals surface area contributed by atoms with E-state index in [1.807, 2.05) is 0 Å². The molecule has 72 valence electrons. The van der Waals surface area contributed by atoms with Crippen molar-refractivity contribution in [3.63, 3.8) is 0 Å². The standard InChI is InChI=1S/C10H15BrN2/c1-7-3-4-10(9(11)5-7)13-8(2)6-12/h3-5,8,13H,6,12H2,1-2H3. The minimum absolute atomic E-state index is 0.305. The first kappa shape index (κ1) is 10.5. The fraction of sp³-hybridized carbons (Fsp3) is 0.400. The maximum absolute atomic E-state index is 5.52. The number of rotatable bonds is 3. The smallest absolute Gasteiger partial charge is 0.0487 e. The highest BCUT2D eigenvalue weighted by Gasteiger charge is 2.02. The number of aryl methyl sites for hydroxylation is 1. The summed E-state index contributed by atoms with van der Waals surface area (Å²) in [6, 6.07) is 6.53. The molecule has 1 unspecified atom stereocenters. The lowest BCUT2D eigenvalue weighted by Gasteiger charge is -2.14. The maximum atomic E-state index is 5.52. The lowest BCUT2D eigenvalue weighted by Crippen LogP contribution is -2.25. The summed E-state index contributed by atoms with van der Waals surface area (Å²) in [5.74, 6) is 0. The predicted octanol–water partition coefficient (Wildman–Crippen LogP) is 2.52. The molecule has 1 aromatic carbocycles. The van der Waals surface area contributed by atoms with Gasteiger partial charge in [0.05, 0.1) is 0 Å². The minimum atomic E-state index is 0.305. The molecular formula is C10H15BrN2. The summed E-state index contributed by atoms with van der Waals surface area (Å²) in [6.07, 6.45) is 0. The molecular weight excluding hydrogens is 228 g/mol. The van der Waals surface area contributed by atoms with Crippen LogP contribution in [-0.4, -0.2) is 12.6 Å². The van der Waals surface area contributed by atoms with Gasteiger partial charge in [0.15, 0.2) is 0 Å². The van der Waals surface area contributed by atoms with Crippen molar-refractivity contribution in [1.82, 2.24) is 0 Å². The summed E-state index contributed by atoms with van der Waals surface area (Å²) >= 11 is 3.50. The topological polar surface area (TPSA) is 38.0 Å². The molecule has 2 nitrogen and oxygen atoms in total. The van der Waals surface area contributed by atoms with Crippen molar-refractivity contribution in [1.29, 1.82) is 0 Å². The van der Waals surface area contributed by atoms with Crippen LogP contribution in [0.4, 0.5) is 5.69 Å². The van der Waals surface area contributed by atoms with Crippen LogP contribution in [0.15, 0.2) is 22.7 Å². The molecule has 0 amide bonds. The molecule has 3 N–H and O–H groups in total. The molecule has 0 fully saturated rings. The molecule has 0 aliphatic rings. The second-order valence-corrected chi connectivity index (χ2v) is 4.12. The summed E-state index contributed by atoms with van der Waals surface area (Å²) < 4.78 is 1.09. The molecule has 0 heterocycles. The van der Waals surface area contributed by atoms with Gasteiger partial charge < -0.3 is 11.1 Å². The number of nitrogens with two attached hydrogens (primary N) is 1. The number of halogens is 1. The van der Waals surface area contributed by atoms with Crippen molar-refractivity contribution >= 4 is 21.6 Å². The van der Waals surface area contributed by atoms with Gasteiger partial charge in [0.2, 0.25) is 0 Å². The highest BCUT2D eigenvalue weighted by Crippen LogP contribution is 2.23. The summed E-state index contributed by atoms with van der Waals surface area (Å²) in [4.78, 5) is 0. The fourth-order valence-electron chi connectivity index (χ4n) is 1.06. The molecule has 3 heteroatoms. The van der Waals surface area contributed by atoms with Gasteiger partial charge in [-0.15, -0.1) is 0 Å². The average Bonchev–Trinajstić information content (AvgIpc) is 2.09. The second kappa shape index (κ2) is 4.63. The molecule has 0 saturated heterocycles. The Kier molecular flexibility index (Phi) is 3.75. The zero-order chi connectivity index (χ0) is 9.84. The van der Waals surface area contributed by atoms with Gasteiger partial charge in [0, 0.05) is 22.7 Å². The van der Waals surface area contributed by atoms with E-state index in [1.165, 1.54) is 5.56 Å².